The number of halogens is 1. The lowest BCUT2D eigenvalue weighted by atomic mass is 10.1. The minimum Gasteiger partial charge on any atom is -0.494 e. The van der Waals surface area contributed by atoms with Crippen LogP contribution in [0.2, 0.25) is 0 Å². The van der Waals surface area contributed by atoms with Crippen LogP contribution in [0, 0.1) is 0 Å². The van der Waals surface area contributed by atoms with E-state index in [1.54, 1.807) is 0 Å². The molecule has 2 nitrogen and oxygen atoms in total. The van der Waals surface area contributed by atoms with Gasteiger partial charge in [-0.1, -0.05) is 67.8 Å². The van der Waals surface area contributed by atoms with Crippen molar-refractivity contribution >= 4 is 15.9 Å². The Hall–Kier alpha value is -0.540. The van der Waals surface area contributed by atoms with Crippen LogP contribution in [0.25, 0.3) is 0 Å². The Kier molecular flexibility index (Phi) is 10.6. The van der Waals surface area contributed by atoms with E-state index in [1.165, 1.54) is 50.5 Å². The number of benzene rings is 1. The third kappa shape index (κ3) is 8.47. The number of rotatable bonds is 12. The summed E-state index contributed by atoms with van der Waals surface area (Å²) in [5.41, 5.74) is 6.84. The van der Waals surface area contributed by atoms with Crippen molar-refractivity contribution < 1.29 is 4.74 Å². The van der Waals surface area contributed by atoms with Gasteiger partial charge in [0.05, 0.1) is 6.61 Å². The monoisotopic (exact) mass is 355 g/mol. The van der Waals surface area contributed by atoms with Gasteiger partial charge in [-0.15, -0.1) is 0 Å². The maximum Gasteiger partial charge on any atom is 0.119 e. The largest absolute Gasteiger partial charge is 0.494 e. The lowest BCUT2D eigenvalue weighted by Crippen LogP contribution is -2.04. The smallest absolute Gasteiger partial charge is 0.119 e. The number of hydrogen-bond acceptors (Lipinski definition) is 2. The van der Waals surface area contributed by atoms with Crippen molar-refractivity contribution in [3.8, 4) is 5.75 Å². The molecule has 0 radical (unpaired) electrons. The summed E-state index contributed by atoms with van der Waals surface area (Å²) >= 11 is 3.55. The van der Waals surface area contributed by atoms with Crippen LogP contribution in [0.15, 0.2) is 22.7 Å². The van der Waals surface area contributed by atoms with Crippen LogP contribution in [0.5, 0.6) is 5.75 Å². The summed E-state index contributed by atoms with van der Waals surface area (Å²) in [6, 6.07) is 6.17. The lowest BCUT2D eigenvalue weighted by molar-refractivity contribution is 0.304. The molecule has 120 valence electrons. The number of unbranched alkanes of at least 4 members (excludes halogenated alkanes) is 7. The summed E-state index contributed by atoms with van der Waals surface area (Å²) in [5, 5.41) is 0. The minimum absolute atomic E-state index is 0.667. The van der Waals surface area contributed by atoms with Gasteiger partial charge in [-0.3, -0.25) is 0 Å². The van der Waals surface area contributed by atoms with Gasteiger partial charge in [-0.2, -0.15) is 0 Å². The average Bonchev–Trinajstić information content (AvgIpc) is 2.49. The van der Waals surface area contributed by atoms with Gasteiger partial charge in [0, 0.05) is 4.47 Å². The van der Waals surface area contributed by atoms with E-state index in [1.807, 2.05) is 12.1 Å². The average molecular weight is 356 g/mol. The van der Waals surface area contributed by atoms with E-state index in [-0.39, 0.29) is 0 Å². The summed E-state index contributed by atoms with van der Waals surface area (Å²) in [4.78, 5) is 0. The first-order chi connectivity index (χ1) is 10.3. The van der Waals surface area contributed by atoms with Crippen molar-refractivity contribution in [3.63, 3.8) is 0 Å². The predicted octanol–water partition coefficient (Wildman–Crippen LogP) is 5.47. The van der Waals surface area contributed by atoms with Crippen molar-refractivity contribution in [1.82, 2.24) is 0 Å². The molecule has 0 aliphatic heterocycles. The molecule has 21 heavy (non-hydrogen) atoms. The van der Waals surface area contributed by atoms with Crippen LogP contribution >= 0.6 is 15.9 Å². The van der Waals surface area contributed by atoms with Gasteiger partial charge in [-0.05, 0) is 43.1 Å². The van der Waals surface area contributed by atoms with Crippen LogP contribution in [-0.2, 0) is 6.42 Å². The molecule has 0 aliphatic rings. The second-order valence-corrected chi connectivity index (χ2v) is 6.47. The van der Waals surface area contributed by atoms with Crippen LogP contribution in [0.3, 0.4) is 0 Å². The summed E-state index contributed by atoms with van der Waals surface area (Å²) in [5.74, 6) is 0.963. The first kappa shape index (κ1) is 18.5. The molecule has 0 aliphatic carbocycles. The summed E-state index contributed by atoms with van der Waals surface area (Å²) in [6.07, 6.45) is 11.5. The minimum atomic E-state index is 0.667. The molecule has 0 aromatic heterocycles. The van der Waals surface area contributed by atoms with E-state index < -0.39 is 0 Å². The molecule has 0 fully saturated rings. The molecule has 3 heteroatoms. The van der Waals surface area contributed by atoms with E-state index in [0.29, 0.717) is 6.54 Å². The van der Waals surface area contributed by atoms with E-state index in [4.69, 9.17) is 10.5 Å². The zero-order chi connectivity index (χ0) is 15.3. The summed E-state index contributed by atoms with van der Waals surface area (Å²) in [7, 11) is 0. The van der Waals surface area contributed by atoms with Gasteiger partial charge < -0.3 is 10.5 Å². The third-order valence-electron chi connectivity index (χ3n) is 3.70. The van der Waals surface area contributed by atoms with Crippen LogP contribution in [0.4, 0.5) is 0 Å². The maximum absolute atomic E-state index is 5.83. The highest BCUT2D eigenvalue weighted by atomic mass is 79.9. The Morgan fingerprint density at radius 1 is 1.00 bits per heavy atom. The molecule has 1 aromatic carbocycles. The second-order valence-electron chi connectivity index (χ2n) is 5.62. The van der Waals surface area contributed by atoms with Gasteiger partial charge in [0.2, 0.25) is 0 Å². The van der Waals surface area contributed by atoms with Crippen LogP contribution in [-0.4, -0.2) is 13.2 Å². The molecular weight excluding hydrogens is 326 g/mol. The topological polar surface area (TPSA) is 35.2 Å². The highest BCUT2D eigenvalue weighted by Gasteiger charge is 2.02. The van der Waals surface area contributed by atoms with E-state index in [2.05, 4.69) is 28.9 Å². The SMILES string of the molecule is CCCCCCCCCCOc1ccc(Br)c(CCN)c1. The normalized spacial score (nSPS) is 10.8. The molecule has 1 aromatic rings. The molecule has 0 amide bonds. The lowest BCUT2D eigenvalue weighted by Gasteiger charge is -2.09. The quantitative estimate of drug-likeness (QED) is 0.504. The fourth-order valence-corrected chi connectivity index (χ4v) is 2.86. The molecule has 0 spiro atoms. The standard InChI is InChI=1S/C18H30BrNO/c1-2-3-4-5-6-7-8-9-14-21-17-10-11-18(19)16(15-17)12-13-20/h10-11,15H,2-9,12-14,20H2,1H3. The predicted molar refractivity (Wildman–Crippen MR) is 95.0 cm³/mol. The molecule has 0 unspecified atom stereocenters. The summed E-state index contributed by atoms with van der Waals surface area (Å²) in [6.45, 7) is 3.75. The second kappa shape index (κ2) is 12.0. The summed E-state index contributed by atoms with van der Waals surface area (Å²) < 4.78 is 6.95. The molecule has 2 N–H and O–H groups in total. The van der Waals surface area contributed by atoms with Crippen molar-refractivity contribution in [1.29, 1.82) is 0 Å². The zero-order valence-electron chi connectivity index (χ0n) is 13.4. The van der Waals surface area contributed by atoms with Crippen LogP contribution < -0.4 is 10.5 Å². The molecule has 0 saturated heterocycles. The fourth-order valence-electron chi connectivity index (χ4n) is 2.41. The Balaban J connectivity index is 2.11. The van der Waals surface area contributed by atoms with Gasteiger partial charge in [-0.25, -0.2) is 0 Å². The van der Waals surface area contributed by atoms with Gasteiger partial charge in [0.15, 0.2) is 0 Å². The zero-order valence-corrected chi connectivity index (χ0v) is 15.0. The van der Waals surface area contributed by atoms with Gasteiger partial charge in [0.25, 0.3) is 0 Å². The molecular formula is C18H30BrNO. The highest BCUT2D eigenvalue weighted by molar-refractivity contribution is 9.10. The number of hydrogen-bond donors (Lipinski definition) is 1. The number of nitrogens with two attached hydrogens (primary N) is 1. The van der Waals surface area contributed by atoms with Gasteiger partial charge in [0.1, 0.15) is 5.75 Å². The van der Waals surface area contributed by atoms with Gasteiger partial charge >= 0.3 is 0 Å². The fraction of sp³-hybridized carbons (Fsp3) is 0.667. The van der Waals surface area contributed by atoms with Crippen molar-refractivity contribution in [2.45, 2.75) is 64.7 Å². The Bertz CT molecular complexity index is 381. The molecule has 0 bridgehead atoms. The Morgan fingerprint density at radius 3 is 2.33 bits per heavy atom. The van der Waals surface area contributed by atoms with E-state index >= 15 is 0 Å². The Morgan fingerprint density at radius 2 is 1.67 bits per heavy atom. The first-order valence-corrected chi connectivity index (χ1v) is 9.18. The van der Waals surface area contributed by atoms with E-state index in [0.717, 1.165) is 29.7 Å². The third-order valence-corrected chi connectivity index (χ3v) is 4.47. The van der Waals surface area contributed by atoms with Crippen molar-refractivity contribution in [2.24, 2.45) is 5.73 Å². The van der Waals surface area contributed by atoms with Crippen molar-refractivity contribution in [3.05, 3.63) is 28.2 Å². The van der Waals surface area contributed by atoms with E-state index in [9.17, 15) is 0 Å². The number of ether oxygens (including phenoxy) is 1. The van der Waals surface area contributed by atoms with Crippen molar-refractivity contribution in [2.75, 3.05) is 13.2 Å². The molecule has 0 heterocycles. The molecule has 0 saturated carbocycles. The van der Waals surface area contributed by atoms with Crippen LogP contribution in [0.1, 0.15) is 63.9 Å². The highest BCUT2D eigenvalue weighted by Crippen LogP contribution is 2.23. The molecule has 1 rings (SSSR count). The first-order valence-electron chi connectivity index (χ1n) is 8.39. The Labute approximate surface area is 138 Å². The maximum atomic E-state index is 5.83. The molecule has 0 atom stereocenters.